The van der Waals surface area contributed by atoms with Crippen molar-refractivity contribution in [3.63, 3.8) is 0 Å². The van der Waals surface area contributed by atoms with Gasteiger partial charge in [-0.25, -0.2) is 4.39 Å². The maximum absolute atomic E-state index is 12.8. The Kier molecular flexibility index (Phi) is 8.10. The highest BCUT2D eigenvalue weighted by Gasteiger charge is 2.12. The van der Waals surface area contributed by atoms with Crippen LogP contribution in [0.15, 0.2) is 24.3 Å². The lowest BCUT2D eigenvalue weighted by atomic mass is 10.3. The lowest BCUT2D eigenvalue weighted by molar-refractivity contribution is -0.908. The molecule has 0 bridgehead atoms. The van der Waals surface area contributed by atoms with E-state index in [1.807, 2.05) is 0 Å². The Hall–Kier alpha value is -1.55. The molecule has 1 aromatic carbocycles. The fraction of sp³-hybridized carbons (Fsp3) is 0.467. The summed E-state index contributed by atoms with van der Waals surface area (Å²) < 4.78 is 18.2. The molecule has 9 heteroatoms. The summed E-state index contributed by atoms with van der Waals surface area (Å²) in [6, 6.07) is 5.93. The van der Waals surface area contributed by atoms with E-state index in [2.05, 4.69) is 21.5 Å². The van der Waals surface area contributed by atoms with Gasteiger partial charge >= 0.3 is 0 Å². The van der Waals surface area contributed by atoms with E-state index in [4.69, 9.17) is 29.2 Å². The molecule has 0 aliphatic carbocycles. The second-order valence-corrected chi connectivity index (χ2v) is 6.25. The summed E-state index contributed by atoms with van der Waals surface area (Å²) in [6.45, 7) is 5.77. The second kappa shape index (κ2) is 10.3. The Bertz CT molecular complexity index is 537. The Morgan fingerprint density at radius 3 is 2.46 bits per heavy atom. The van der Waals surface area contributed by atoms with Crippen molar-refractivity contribution in [3.8, 4) is 0 Å². The summed E-state index contributed by atoms with van der Waals surface area (Å²) >= 11 is 10.3. The minimum absolute atomic E-state index is 0.290. The molecule has 1 fully saturated rings. The zero-order valence-corrected chi connectivity index (χ0v) is 15.0. The van der Waals surface area contributed by atoms with E-state index in [9.17, 15) is 4.39 Å². The van der Waals surface area contributed by atoms with Crippen molar-refractivity contribution < 1.29 is 14.0 Å². The first-order chi connectivity index (χ1) is 11.6. The summed E-state index contributed by atoms with van der Waals surface area (Å²) in [7, 11) is 0. The van der Waals surface area contributed by atoms with Crippen LogP contribution in [0.4, 0.5) is 10.1 Å². The summed E-state index contributed by atoms with van der Waals surface area (Å²) in [5.74, 6) is -0.290. The molecule has 5 N–H and O–H groups in total. The minimum Gasteiger partial charge on any atom is -0.370 e. The molecular weight excluding hydrogens is 349 g/mol. The van der Waals surface area contributed by atoms with Crippen LogP contribution in [0, 0.1) is 5.82 Å². The molecule has 1 saturated heterocycles. The SMILES string of the molecule is Fc1ccc(NC(=S)NNC(=S)NCCC[NH+]2CCOCC2)cc1. The number of nitrogens with one attached hydrogen (secondary N) is 5. The molecule has 1 aliphatic rings. The molecule has 0 amide bonds. The highest BCUT2D eigenvalue weighted by atomic mass is 32.1. The first-order valence-corrected chi connectivity index (χ1v) is 8.73. The zero-order valence-electron chi connectivity index (χ0n) is 13.4. The summed E-state index contributed by atoms with van der Waals surface area (Å²) in [6.07, 6.45) is 1.04. The Balaban J connectivity index is 1.53. The van der Waals surface area contributed by atoms with Gasteiger partial charge in [0.15, 0.2) is 10.2 Å². The van der Waals surface area contributed by atoms with Gasteiger partial charge in [-0.2, -0.15) is 0 Å². The van der Waals surface area contributed by atoms with Gasteiger partial charge in [-0.1, -0.05) is 0 Å². The third kappa shape index (κ3) is 7.35. The molecule has 0 saturated carbocycles. The average Bonchev–Trinajstić information content (AvgIpc) is 2.60. The zero-order chi connectivity index (χ0) is 17.2. The third-order valence-corrected chi connectivity index (χ3v) is 4.03. The van der Waals surface area contributed by atoms with Gasteiger partial charge in [0, 0.05) is 18.7 Å². The van der Waals surface area contributed by atoms with Gasteiger partial charge in [-0.15, -0.1) is 0 Å². The number of hydrogen-bond acceptors (Lipinski definition) is 3. The van der Waals surface area contributed by atoms with Crippen LogP contribution in [-0.4, -0.2) is 49.6 Å². The van der Waals surface area contributed by atoms with E-state index in [1.54, 1.807) is 17.0 Å². The molecule has 2 rings (SSSR count). The molecule has 24 heavy (non-hydrogen) atoms. The van der Waals surface area contributed by atoms with E-state index < -0.39 is 0 Å². The van der Waals surface area contributed by atoms with Crippen LogP contribution in [0.2, 0.25) is 0 Å². The molecule has 132 valence electrons. The first-order valence-electron chi connectivity index (χ1n) is 7.91. The number of ether oxygens (including phenoxy) is 1. The summed E-state index contributed by atoms with van der Waals surface area (Å²) in [5, 5.41) is 6.88. The van der Waals surface area contributed by atoms with Crippen LogP contribution in [0.3, 0.4) is 0 Å². The van der Waals surface area contributed by atoms with Crippen molar-refractivity contribution in [2.24, 2.45) is 0 Å². The van der Waals surface area contributed by atoms with Crippen LogP contribution < -0.4 is 26.4 Å². The lowest BCUT2D eigenvalue weighted by Crippen LogP contribution is -3.14. The van der Waals surface area contributed by atoms with Crippen molar-refractivity contribution in [1.82, 2.24) is 16.2 Å². The smallest absolute Gasteiger partial charge is 0.189 e. The standard InChI is InChI=1S/C15H22FN5OS2/c16-12-2-4-13(5-3-12)18-15(24)20-19-14(23)17-6-1-7-21-8-10-22-11-9-21/h2-5H,1,6-11H2,(H2,17,19,23)(H2,18,20,24)/p+1. The van der Waals surface area contributed by atoms with Crippen molar-refractivity contribution in [2.75, 3.05) is 44.7 Å². The predicted molar refractivity (Wildman–Crippen MR) is 100 cm³/mol. The number of thiocarbonyl (C=S) groups is 2. The second-order valence-electron chi connectivity index (χ2n) is 5.43. The lowest BCUT2D eigenvalue weighted by Gasteiger charge is -2.23. The number of quaternary nitrogens is 1. The number of rotatable bonds is 5. The molecule has 6 nitrogen and oxygen atoms in total. The van der Waals surface area contributed by atoms with Gasteiger partial charge in [0.05, 0.1) is 19.8 Å². The van der Waals surface area contributed by atoms with Crippen LogP contribution in [0.5, 0.6) is 0 Å². The van der Waals surface area contributed by atoms with Crippen LogP contribution >= 0.6 is 24.4 Å². The van der Waals surface area contributed by atoms with Crippen molar-refractivity contribution in [2.45, 2.75) is 6.42 Å². The van der Waals surface area contributed by atoms with E-state index in [1.165, 1.54) is 12.1 Å². The number of hydrogen-bond donors (Lipinski definition) is 5. The van der Waals surface area contributed by atoms with Gasteiger partial charge in [-0.05, 0) is 48.7 Å². The van der Waals surface area contributed by atoms with Crippen LogP contribution in [-0.2, 0) is 4.74 Å². The fourth-order valence-electron chi connectivity index (χ4n) is 2.30. The molecule has 0 unspecified atom stereocenters. The van der Waals surface area contributed by atoms with E-state index in [0.717, 1.165) is 45.8 Å². The van der Waals surface area contributed by atoms with Gasteiger partial charge in [0.25, 0.3) is 0 Å². The van der Waals surface area contributed by atoms with Crippen LogP contribution in [0.1, 0.15) is 6.42 Å². The molecule has 0 radical (unpaired) electrons. The Morgan fingerprint density at radius 2 is 1.75 bits per heavy atom. The minimum atomic E-state index is -0.290. The molecule has 0 aromatic heterocycles. The van der Waals surface area contributed by atoms with Crippen molar-refractivity contribution >= 4 is 40.3 Å². The van der Waals surface area contributed by atoms with Gasteiger partial charge in [0.2, 0.25) is 0 Å². The average molecular weight is 373 g/mol. The number of halogens is 1. The summed E-state index contributed by atoms with van der Waals surface area (Å²) in [4.78, 5) is 1.57. The largest absolute Gasteiger partial charge is 0.370 e. The van der Waals surface area contributed by atoms with E-state index >= 15 is 0 Å². The van der Waals surface area contributed by atoms with Gasteiger partial charge < -0.3 is 20.3 Å². The molecule has 1 aliphatic heterocycles. The first kappa shape index (κ1) is 18.8. The van der Waals surface area contributed by atoms with Gasteiger partial charge in [0.1, 0.15) is 18.9 Å². The molecule has 1 aromatic rings. The fourth-order valence-corrected chi connectivity index (χ4v) is 2.63. The topological polar surface area (TPSA) is 61.8 Å². The highest BCUT2D eigenvalue weighted by molar-refractivity contribution is 7.80. The number of hydrazine groups is 1. The highest BCUT2D eigenvalue weighted by Crippen LogP contribution is 2.07. The molecule has 0 spiro atoms. The Labute approximate surface area is 152 Å². The number of morpholine rings is 1. The van der Waals surface area contributed by atoms with Gasteiger partial charge in [-0.3, -0.25) is 10.9 Å². The summed E-state index contributed by atoms with van der Waals surface area (Å²) in [5.41, 5.74) is 6.30. The van der Waals surface area contributed by atoms with E-state index in [0.29, 0.717) is 15.9 Å². The molecule has 0 atom stereocenters. The monoisotopic (exact) mass is 372 g/mol. The maximum Gasteiger partial charge on any atom is 0.189 e. The van der Waals surface area contributed by atoms with Crippen molar-refractivity contribution in [3.05, 3.63) is 30.1 Å². The van der Waals surface area contributed by atoms with Crippen molar-refractivity contribution in [1.29, 1.82) is 0 Å². The quantitative estimate of drug-likeness (QED) is 0.279. The maximum atomic E-state index is 12.8. The number of anilines is 1. The normalized spacial score (nSPS) is 14.7. The predicted octanol–water partition coefficient (Wildman–Crippen LogP) is -0.204. The van der Waals surface area contributed by atoms with Crippen LogP contribution in [0.25, 0.3) is 0 Å². The molecule has 1 heterocycles. The molecular formula is C15H23FN5OS2+. The number of benzene rings is 1. The van der Waals surface area contributed by atoms with E-state index in [-0.39, 0.29) is 5.82 Å². The Morgan fingerprint density at radius 1 is 1.08 bits per heavy atom. The third-order valence-electron chi connectivity index (χ3n) is 3.58.